The molecule has 0 bridgehead atoms. The first-order chi connectivity index (χ1) is 7.76. The molecule has 0 aliphatic carbocycles. The fraction of sp³-hybridized carbons (Fsp3) is 0.417. The Kier molecular flexibility index (Phi) is 5.36. The third-order valence-corrected chi connectivity index (χ3v) is 2.12. The Bertz CT molecular complexity index is 322. The van der Waals surface area contributed by atoms with Crippen LogP contribution in [-0.2, 0) is 16.0 Å². The second-order valence-electron chi connectivity index (χ2n) is 3.39. The Balaban J connectivity index is 2.44. The monoisotopic (exact) mass is 223 g/mol. The first-order valence-corrected chi connectivity index (χ1v) is 5.25. The highest BCUT2D eigenvalue weighted by Crippen LogP contribution is 2.12. The Morgan fingerprint density at radius 3 is 2.56 bits per heavy atom. The Hall–Kier alpha value is -1.55. The van der Waals surface area contributed by atoms with Crippen molar-refractivity contribution in [3.05, 3.63) is 29.8 Å². The molecule has 0 aromatic heterocycles. The SMILES string of the molecule is COC(=O)Cc1ccc(OCCCN)cc1. The van der Waals surface area contributed by atoms with E-state index in [1.807, 2.05) is 24.3 Å². The quantitative estimate of drug-likeness (QED) is 0.580. The molecule has 0 radical (unpaired) electrons. The zero-order valence-electron chi connectivity index (χ0n) is 9.44. The van der Waals surface area contributed by atoms with Crippen LogP contribution in [0.4, 0.5) is 0 Å². The van der Waals surface area contributed by atoms with Crippen molar-refractivity contribution in [3.63, 3.8) is 0 Å². The molecular weight excluding hydrogens is 206 g/mol. The van der Waals surface area contributed by atoms with Crippen molar-refractivity contribution in [2.45, 2.75) is 12.8 Å². The summed E-state index contributed by atoms with van der Waals surface area (Å²) in [5.74, 6) is 0.555. The molecule has 0 unspecified atom stereocenters. The fourth-order valence-corrected chi connectivity index (χ4v) is 1.22. The van der Waals surface area contributed by atoms with E-state index >= 15 is 0 Å². The van der Waals surface area contributed by atoms with Crippen molar-refractivity contribution in [3.8, 4) is 5.75 Å². The molecule has 0 aliphatic heterocycles. The minimum atomic E-state index is -0.239. The zero-order chi connectivity index (χ0) is 11.8. The van der Waals surface area contributed by atoms with E-state index in [1.165, 1.54) is 7.11 Å². The molecule has 88 valence electrons. The number of carbonyl (C=O) groups is 1. The van der Waals surface area contributed by atoms with Crippen molar-refractivity contribution in [1.82, 2.24) is 0 Å². The summed E-state index contributed by atoms with van der Waals surface area (Å²) in [6, 6.07) is 7.40. The maximum atomic E-state index is 11.0. The van der Waals surface area contributed by atoms with E-state index in [0.29, 0.717) is 19.6 Å². The second-order valence-corrected chi connectivity index (χ2v) is 3.39. The Morgan fingerprint density at radius 2 is 2.00 bits per heavy atom. The minimum Gasteiger partial charge on any atom is -0.494 e. The average Bonchev–Trinajstić information content (AvgIpc) is 2.31. The maximum Gasteiger partial charge on any atom is 0.309 e. The van der Waals surface area contributed by atoms with Gasteiger partial charge in [-0.2, -0.15) is 0 Å². The maximum absolute atomic E-state index is 11.0. The predicted molar refractivity (Wildman–Crippen MR) is 61.3 cm³/mol. The Labute approximate surface area is 95.3 Å². The lowest BCUT2D eigenvalue weighted by Crippen LogP contribution is -2.06. The van der Waals surface area contributed by atoms with Crippen molar-refractivity contribution in [1.29, 1.82) is 0 Å². The van der Waals surface area contributed by atoms with Crippen molar-refractivity contribution >= 4 is 5.97 Å². The Morgan fingerprint density at radius 1 is 1.31 bits per heavy atom. The summed E-state index contributed by atoms with van der Waals surface area (Å²) in [5.41, 5.74) is 6.27. The van der Waals surface area contributed by atoms with Crippen molar-refractivity contribution < 1.29 is 14.3 Å². The smallest absolute Gasteiger partial charge is 0.309 e. The summed E-state index contributed by atoms with van der Waals surface area (Å²) in [6.07, 6.45) is 1.13. The molecule has 0 heterocycles. The first-order valence-electron chi connectivity index (χ1n) is 5.25. The molecule has 0 fully saturated rings. The van der Waals surface area contributed by atoms with E-state index in [9.17, 15) is 4.79 Å². The van der Waals surface area contributed by atoms with Gasteiger partial charge >= 0.3 is 5.97 Å². The average molecular weight is 223 g/mol. The third kappa shape index (κ3) is 4.31. The van der Waals surface area contributed by atoms with E-state index in [-0.39, 0.29) is 5.97 Å². The molecule has 16 heavy (non-hydrogen) atoms. The number of hydrogen-bond acceptors (Lipinski definition) is 4. The van der Waals surface area contributed by atoms with Gasteiger partial charge in [-0.15, -0.1) is 0 Å². The van der Waals surface area contributed by atoms with E-state index in [0.717, 1.165) is 17.7 Å². The summed E-state index contributed by atoms with van der Waals surface area (Å²) >= 11 is 0. The van der Waals surface area contributed by atoms with Gasteiger partial charge in [0.1, 0.15) is 5.75 Å². The highest BCUT2D eigenvalue weighted by atomic mass is 16.5. The molecule has 0 atom stereocenters. The lowest BCUT2D eigenvalue weighted by molar-refractivity contribution is -0.139. The van der Waals surface area contributed by atoms with Crippen LogP contribution < -0.4 is 10.5 Å². The minimum absolute atomic E-state index is 0.239. The van der Waals surface area contributed by atoms with E-state index in [2.05, 4.69) is 4.74 Å². The molecule has 0 saturated heterocycles. The summed E-state index contributed by atoms with van der Waals surface area (Å²) < 4.78 is 10.0. The summed E-state index contributed by atoms with van der Waals surface area (Å²) in [6.45, 7) is 1.24. The van der Waals surface area contributed by atoms with Crippen molar-refractivity contribution in [2.75, 3.05) is 20.3 Å². The van der Waals surface area contributed by atoms with Crippen LogP contribution in [0.2, 0.25) is 0 Å². The summed E-state index contributed by atoms with van der Waals surface area (Å²) in [4.78, 5) is 11.0. The molecule has 4 nitrogen and oxygen atoms in total. The van der Waals surface area contributed by atoms with Crippen LogP contribution in [0.1, 0.15) is 12.0 Å². The largest absolute Gasteiger partial charge is 0.494 e. The summed E-state index contributed by atoms with van der Waals surface area (Å²) in [7, 11) is 1.38. The van der Waals surface area contributed by atoms with Crippen LogP contribution in [0.5, 0.6) is 5.75 Å². The number of benzene rings is 1. The topological polar surface area (TPSA) is 61.5 Å². The van der Waals surface area contributed by atoms with Gasteiger partial charge in [-0.3, -0.25) is 4.79 Å². The van der Waals surface area contributed by atoms with Gasteiger partial charge in [0.15, 0.2) is 0 Å². The molecule has 1 aromatic carbocycles. The lowest BCUT2D eigenvalue weighted by Gasteiger charge is -2.06. The zero-order valence-corrected chi connectivity index (χ0v) is 9.44. The molecule has 0 spiro atoms. The van der Waals surface area contributed by atoms with Crippen LogP contribution in [0.15, 0.2) is 24.3 Å². The molecule has 0 saturated carbocycles. The normalized spacial score (nSPS) is 9.88. The molecule has 0 aliphatic rings. The fourth-order valence-electron chi connectivity index (χ4n) is 1.22. The highest BCUT2D eigenvalue weighted by molar-refractivity contribution is 5.72. The van der Waals surface area contributed by atoms with Crippen LogP contribution in [0.3, 0.4) is 0 Å². The number of rotatable bonds is 6. The number of nitrogens with two attached hydrogens (primary N) is 1. The lowest BCUT2D eigenvalue weighted by atomic mass is 10.1. The predicted octanol–water partition coefficient (Wildman–Crippen LogP) is 1.13. The molecule has 4 heteroatoms. The van der Waals surface area contributed by atoms with Crippen LogP contribution in [0.25, 0.3) is 0 Å². The van der Waals surface area contributed by atoms with Gasteiger partial charge in [0.2, 0.25) is 0 Å². The molecular formula is C12H17NO3. The number of methoxy groups -OCH3 is 1. The van der Waals surface area contributed by atoms with Gasteiger partial charge in [0, 0.05) is 0 Å². The van der Waals surface area contributed by atoms with Crippen LogP contribution >= 0.6 is 0 Å². The third-order valence-electron chi connectivity index (χ3n) is 2.12. The van der Waals surface area contributed by atoms with Gasteiger partial charge in [-0.25, -0.2) is 0 Å². The van der Waals surface area contributed by atoms with E-state index < -0.39 is 0 Å². The first kappa shape index (κ1) is 12.5. The molecule has 1 aromatic rings. The summed E-state index contributed by atoms with van der Waals surface area (Å²) in [5, 5.41) is 0. The molecule has 1 rings (SSSR count). The van der Waals surface area contributed by atoms with Gasteiger partial charge in [0.25, 0.3) is 0 Å². The number of carbonyl (C=O) groups excluding carboxylic acids is 1. The van der Waals surface area contributed by atoms with Crippen molar-refractivity contribution in [2.24, 2.45) is 5.73 Å². The number of ether oxygens (including phenoxy) is 2. The number of hydrogen-bond donors (Lipinski definition) is 1. The second kappa shape index (κ2) is 6.85. The number of esters is 1. The van der Waals surface area contributed by atoms with Crippen LogP contribution in [-0.4, -0.2) is 26.2 Å². The van der Waals surface area contributed by atoms with E-state index in [4.69, 9.17) is 10.5 Å². The standard InChI is InChI=1S/C12H17NO3/c1-15-12(14)9-10-3-5-11(6-4-10)16-8-2-7-13/h3-6H,2,7-9,13H2,1H3. The molecule has 0 amide bonds. The van der Waals surface area contributed by atoms with Gasteiger partial charge < -0.3 is 15.2 Å². The molecule has 2 N–H and O–H groups in total. The van der Waals surface area contributed by atoms with Crippen LogP contribution in [0, 0.1) is 0 Å². The van der Waals surface area contributed by atoms with Gasteiger partial charge in [-0.1, -0.05) is 12.1 Å². The van der Waals surface area contributed by atoms with E-state index in [1.54, 1.807) is 0 Å². The van der Waals surface area contributed by atoms with Gasteiger partial charge in [-0.05, 0) is 30.7 Å². The van der Waals surface area contributed by atoms with Gasteiger partial charge in [0.05, 0.1) is 20.1 Å². The highest BCUT2D eigenvalue weighted by Gasteiger charge is 2.02.